The lowest BCUT2D eigenvalue weighted by Crippen LogP contribution is -3.12. The molecule has 3 aliphatic heterocycles. The Labute approximate surface area is 173 Å². The molecule has 0 aliphatic carbocycles. The van der Waals surface area contributed by atoms with Crippen LogP contribution in [0.3, 0.4) is 0 Å². The second-order valence-corrected chi connectivity index (χ2v) is 7.70. The fourth-order valence-electron chi connectivity index (χ4n) is 5.13. The Morgan fingerprint density at radius 3 is 2.37 bits per heavy atom. The fourth-order valence-corrected chi connectivity index (χ4v) is 5.13. The zero-order valence-corrected chi connectivity index (χ0v) is 16.6. The number of benzene rings is 2. The van der Waals surface area contributed by atoms with Crippen LogP contribution < -0.4 is 14.5 Å². The van der Waals surface area contributed by atoms with E-state index in [1.807, 2.05) is 36.5 Å². The largest absolute Gasteiger partial charge is 0.497 e. The molecule has 3 heterocycles. The van der Waals surface area contributed by atoms with E-state index in [-0.39, 0.29) is 17.9 Å². The maximum atomic E-state index is 13.6. The normalized spacial score (nSPS) is 28.7. The van der Waals surface area contributed by atoms with Gasteiger partial charge in [0.1, 0.15) is 23.6 Å². The van der Waals surface area contributed by atoms with Crippen LogP contribution >= 0.6 is 0 Å². The first-order valence-electron chi connectivity index (χ1n) is 9.80. The number of hydrogen-bond acceptors (Lipinski definition) is 5. The van der Waals surface area contributed by atoms with E-state index in [1.165, 1.54) is 12.0 Å². The van der Waals surface area contributed by atoms with Gasteiger partial charge in [-0.05, 0) is 35.9 Å². The number of fused-ring (bicyclic) bond motifs is 5. The molecule has 7 nitrogen and oxygen atoms in total. The molecule has 0 bridgehead atoms. The van der Waals surface area contributed by atoms with Gasteiger partial charge in [0.25, 0.3) is 0 Å². The minimum atomic E-state index is -0.775. The summed E-state index contributed by atoms with van der Waals surface area (Å²) < 4.78 is 10.2. The van der Waals surface area contributed by atoms with Crippen LogP contribution in [-0.2, 0) is 19.1 Å². The van der Waals surface area contributed by atoms with E-state index >= 15 is 0 Å². The topological polar surface area (TPSA) is 77.3 Å². The maximum absolute atomic E-state index is 13.6. The highest BCUT2D eigenvalue weighted by Crippen LogP contribution is 2.44. The third kappa shape index (κ3) is 2.45. The van der Waals surface area contributed by atoms with Gasteiger partial charge in [0.15, 0.2) is 0 Å². The Bertz CT molecular complexity index is 1080. The molecule has 0 saturated carbocycles. The third-order valence-corrected chi connectivity index (χ3v) is 6.41. The van der Waals surface area contributed by atoms with Crippen molar-refractivity contribution in [3.63, 3.8) is 0 Å². The standard InChI is InChI=1S/C23H20N2O5/c1-29-15-9-7-14(8-10-15)25-21(26)17-18(22(25)27)20(23(28)30-2)24-12-11-13-5-3-4-6-16(13)19(17)24/h3-12,17-20H,1-2H3/p+1/t17-,18+,19+,20-/m1/s1. The lowest BCUT2D eigenvalue weighted by atomic mass is 9.84. The summed E-state index contributed by atoms with van der Waals surface area (Å²) in [6, 6.07) is 13.5. The molecule has 3 aliphatic rings. The summed E-state index contributed by atoms with van der Waals surface area (Å²) in [6.07, 6.45) is 3.82. The van der Waals surface area contributed by atoms with Gasteiger partial charge in [-0.25, -0.2) is 9.69 Å². The molecule has 2 aromatic carbocycles. The quantitative estimate of drug-likeness (QED) is 0.608. The van der Waals surface area contributed by atoms with E-state index in [0.29, 0.717) is 11.4 Å². The van der Waals surface area contributed by atoms with Crippen molar-refractivity contribution in [2.24, 2.45) is 11.8 Å². The number of hydrogen-bond donors (Lipinski definition) is 1. The van der Waals surface area contributed by atoms with Crippen molar-refractivity contribution >= 4 is 29.5 Å². The lowest BCUT2D eigenvalue weighted by molar-refractivity contribution is -0.885. The molecule has 7 heteroatoms. The SMILES string of the molecule is COC(=O)[C@H]1[C@H]2C(=O)N(c3ccc(OC)cc3)C(=O)[C@H]2[C@@H]2c3ccccc3C=C[NH+]12. The van der Waals surface area contributed by atoms with Gasteiger partial charge < -0.3 is 9.47 Å². The van der Waals surface area contributed by atoms with Gasteiger partial charge in [0.05, 0.1) is 26.1 Å². The lowest BCUT2D eigenvalue weighted by Gasteiger charge is -2.30. The number of carbonyl (C=O) groups is 3. The van der Waals surface area contributed by atoms with Crippen molar-refractivity contribution in [3.05, 3.63) is 65.9 Å². The highest BCUT2D eigenvalue weighted by Gasteiger charge is 2.68. The predicted molar refractivity (Wildman–Crippen MR) is 107 cm³/mol. The summed E-state index contributed by atoms with van der Waals surface area (Å²) >= 11 is 0. The molecule has 2 saturated heterocycles. The molecule has 5 atom stereocenters. The monoisotopic (exact) mass is 405 g/mol. The molecule has 2 aromatic rings. The molecule has 2 amide bonds. The van der Waals surface area contributed by atoms with Gasteiger partial charge in [-0.1, -0.05) is 24.3 Å². The number of rotatable bonds is 3. The maximum Gasteiger partial charge on any atom is 0.365 e. The zero-order valence-electron chi connectivity index (χ0n) is 16.6. The number of carbonyl (C=O) groups excluding carboxylic acids is 3. The fraction of sp³-hybridized carbons (Fsp3) is 0.261. The van der Waals surface area contributed by atoms with Gasteiger partial charge in [-0.15, -0.1) is 0 Å². The van der Waals surface area contributed by atoms with Crippen LogP contribution in [0.5, 0.6) is 5.75 Å². The van der Waals surface area contributed by atoms with Gasteiger partial charge in [-0.2, -0.15) is 0 Å². The van der Waals surface area contributed by atoms with E-state index < -0.39 is 23.8 Å². The van der Waals surface area contributed by atoms with Crippen LogP contribution in [0.2, 0.25) is 0 Å². The number of esters is 1. The summed E-state index contributed by atoms with van der Waals surface area (Å²) in [7, 11) is 2.87. The smallest absolute Gasteiger partial charge is 0.365 e. The minimum Gasteiger partial charge on any atom is -0.497 e. The van der Waals surface area contributed by atoms with Gasteiger partial charge in [0.2, 0.25) is 17.9 Å². The Hall–Kier alpha value is -3.45. The molecule has 0 spiro atoms. The summed E-state index contributed by atoms with van der Waals surface area (Å²) in [5.41, 5.74) is 2.44. The number of methoxy groups -OCH3 is 2. The van der Waals surface area contributed by atoms with E-state index in [1.54, 1.807) is 31.4 Å². The number of quaternary nitrogens is 1. The molecular formula is C23H21N2O5+. The van der Waals surface area contributed by atoms with Crippen molar-refractivity contribution < 1.29 is 28.8 Å². The summed E-state index contributed by atoms with van der Waals surface area (Å²) in [6.45, 7) is 0. The van der Waals surface area contributed by atoms with Crippen molar-refractivity contribution in [2.45, 2.75) is 12.1 Å². The van der Waals surface area contributed by atoms with Crippen LogP contribution in [0.15, 0.2) is 54.7 Å². The Balaban J connectivity index is 1.62. The number of nitrogens with zero attached hydrogens (tertiary/aromatic N) is 1. The number of anilines is 1. The second-order valence-electron chi connectivity index (χ2n) is 7.70. The number of imide groups is 1. The van der Waals surface area contributed by atoms with Gasteiger partial charge in [0, 0.05) is 5.56 Å². The van der Waals surface area contributed by atoms with Crippen molar-refractivity contribution in [1.82, 2.24) is 0 Å². The van der Waals surface area contributed by atoms with Crippen LogP contribution in [0.4, 0.5) is 5.69 Å². The van der Waals surface area contributed by atoms with Crippen molar-refractivity contribution in [1.29, 1.82) is 0 Å². The Kier molecular flexibility index (Phi) is 4.22. The third-order valence-electron chi connectivity index (χ3n) is 6.41. The first-order chi connectivity index (χ1) is 14.6. The van der Waals surface area contributed by atoms with Crippen LogP contribution in [0, 0.1) is 11.8 Å². The first kappa shape index (κ1) is 18.6. The van der Waals surface area contributed by atoms with E-state index in [0.717, 1.165) is 16.0 Å². The van der Waals surface area contributed by atoms with Gasteiger partial charge in [-0.3, -0.25) is 14.5 Å². The van der Waals surface area contributed by atoms with Crippen molar-refractivity contribution in [3.8, 4) is 5.75 Å². The molecule has 0 radical (unpaired) electrons. The second kappa shape index (κ2) is 6.81. The van der Waals surface area contributed by atoms with Gasteiger partial charge >= 0.3 is 5.97 Å². The van der Waals surface area contributed by atoms with E-state index in [4.69, 9.17) is 9.47 Å². The summed E-state index contributed by atoms with van der Waals surface area (Å²) in [5.74, 6) is -1.91. The molecule has 1 unspecified atom stereocenters. The molecular weight excluding hydrogens is 384 g/mol. The highest BCUT2D eigenvalue weighted by molar-refractivity contribution is 6.23. The number of amides is 2. The Morgan fingerprint density at radius 1 is 0.967 bits per heavy atom. The molecule has 152 valence electrons. The van der Waals surface area contributed by atoms with Crippen LogP contribution in [0.1, 0.15) is 17.2 Å². The molecule has 0 aromatic heterocycles. The Morgan fingerprint density at radius 2 is 1.67 bits per heavy atom. The summed E-state index contributed by atoms with van der Waals surface area (Å²) in [5, 5.41) is 0. The average molecular weight is 405 g/mol. The van der Waals surface area contributed by atoms with Crippen LogP contribution in [-0.4, -0.2) is 38.0 Å². The van der Waals surface area contributed by atoms with Crippen molar-refractivity contribution in [2.75, 3.05) is 19.1 Å². The zero-order chi connectivity index (χ0) is 21.0. The predicted octanol–water partition coefficient (Wildman–Crippen LogP) is 0.966. The molecule has 2 fully saturated rings. The van der Waals surface area contributed by atoms with Crippen LogP contribution in [0.25, 0.3) is 6.08 Å². The molecule has 30 heavy (non-hydrogen) atoms. The summed E-state index contributed by atoms with van der Waals surface area (Å²) in [4.78, 5) is 41.7. The van der Waals surface area contributed by atoms with E-state index in [2.05, 4.69) is 0 Å². The number of nitrogens with one attached hydrogen (secondary N) is 1. The van der Waals surface area contributed by atoms with E-state index in [9.17, 15) is 14.4 Å². The average Bonchev–Trinajstić information content (AvgIpc) is 3.26. The first-order valence-corrected chi connectivity index (χ1v) is 9.80. The number of ether oxygens (including phenoxy) is 2. The molecule has 5 rings (SSSR count). The minimum absolute atomic E-state index is 0.283. The molecule has 1 N–H and O–H groups in total. The highest BCUT2D eigenvalue weighted by atomic mass is 16.5.